The maximum atomic E-state index is 12.5. The Morgan fingerprint density at radius 3 is 2.55 bits per heavy atom. The molecule has 33 heavy (non-hydrogen) atoms. The zero-order valence-corrected chi connectivity index (χ0v) is 19.0. The third-order valence-corrected chi connectivity index (χ3v) is 5.43. The number of aromatic nitrogens is 2. The molecule has 3 aromatic carbocycles. The molecule has 0 spiro atoms. The maximum absolute atomic E-state index is 12.5. The van der Waals surface area contributed by atoms with Crippen LogP contribution in [0.25, 0.3) is 22.0 Å². The summed E-state index contributed by atoms with van der Waals surface area (Å²) >= 11 is 0. The van der Waals surface area contributed by atoms with Gasteiger partial charge in [0.05, 0.1) is 17.6 Å². The van der Waals surface area contributed by atoms with Crippen molar-refractivity contribution in [2.75, 3.05) is 17.2 Å². The zero-order valence-electron chi connectivity index (χ0n) is 19.0. The number of hydrogen-bond acceptors (Lipinski definition) is 3. The van der Waals surface area contributed by atoms with Gasteiger partial charge in [-0.25, -0.2) is 4.79 Å². The van der Waals surface area contributed by atoms with E-state index in [2.05, 4.69) is 26.1 Å². The molecule has 168 valence electrons. The van der Waals surface area contributed by atoms with Gasteiger partial charge in [-0.1, -0.05) is 42.0 Å². The van der Waals surface area contributed by atoms with Gasteiger partial charge in [-0.3, -0.25) is 9.89 Å². The molecule has 0 unspecified atom stereocenters. The van der Waals surface area contributed by atoms with Crippen molar-refractivity contribution in [2.45, 2.75) is 27.2 Å². The van der Waals surface area contributed by atoms with E-state index < -0.39 is 0 Å². The second-order valence-corrected chi connectivity index (χ2v) is 8.04. The highest BCUT2D eigenvalue weighted by atomic mass is 16.2. The van der Waals surface area contributed by atoms with Crippen molar-refractivity contribution < 1.29 is 9.59 Å². The predicted molar refractivity (Wildman–Crippen MR) is 132 cm³/mol. The number of aromatic amines is 1. The van der Waals surface area contributed by atoms with Crippen LogP contribution in [-0.4, -0.2) is 28.7 Å². The van der Waals surface area contributed by atoms with Gasteiger partial charge in [0.2, 0.25) is 5.91 Å². The SMILES string of the molecule is CCNC(=O)Cc1[nH]nc2cc(-c3cccc(NC(=O)Nc4ccc(C)cc4C)c3)ccc12. The van der Waals surface area contributed by atoms with Crippen LogP contribution in [0.1, 0.15) is 23.7 Å². The molecule has 4 rings (SSSR count). The predicted octanol–water partition coefficient (Wildman–Crippen LogP) is 5.17. The Morgan fingerprint density at radius 1 is 0.939 bits per heavy atom. The molecule has 0 fully saturated rings. The number of aryl methyl sites for hydroxylation is 2. The summed E-state index contributed by atoms with van der Waals surface area (Å²) in [7, 11) is 0. The van der Waals surface area contributed by atoms with Gasteiger partial charge in [0.25, 0.3) is 0 Å². The fourth-order valence-electron chi connectivity index (χ4n) is 3.82. The molecular weight excluding hydrogens is 414 g/mol. The Morgan fingerprint density at radius 2 is 1.76 bits per heavy atom. The number of nitrogens with zero attached hydrogens (tertiary/aromatic N) is 1. The van der Waals surface area contributed by atoms with Gasteiger partial charge in [-0.05, 0) is 61.7 Å². The number of amides is 3. The van der Waals surface area contributed by atoms with E-state index in [0.717, 1.165) is 44.5 Å². The summed E-state index contributed by atoms with van der Waals surface area (Å²) in [6.07, 6.45) is 0.263. The van der Waals surface area contributed by atoms with Crippen LogP contribution in [-0.2, 0) is 11.2 Å². The largest absolute Gasteiger partial charge is 0.356 e. The van der Waals surface area contributed by atoms with Crippen LogP contribution in [0.15, 0.2) is 60.7 Å². The first-order valence-electron chi connectivity index (χ1n) is 10.9. The highest BCUT2D eigenvalue weighted by Gasteiger charge is 2.11. The Bertz CT molecular complexity index is 1330. The number of likely N-dealkylation sites (N-methyl/N-ethyl adjacent to an activating group) is 1. The number of H-pyrrole nitrogens is 1. The third kappa shape index (κ3) is 5.20. The number of nitrogens with one attached hydrogen (secondary N) is 4. The van der Waals surface area contributed by atoms with E-state index >= 15 is 0 Å². The van der Waals surface area contributed by atoms with Gasteiger partial charge >= 0.3 is 6.03 Å². The van der Waals surface area contributed by atoms with E-state index in [-0.39, 0.29) is 18.4 Å². The van der Waals surface area contributed by atoms with E-state index in [4.69, 9.17) is 0 Å². The molecule has 0 bridgehead atoms. The first kappa shape index (κ1) is 22.1. The number of benzene rings is 3. The van der Waals surface area contributed by atoms with Gasteiger partial charge in [-0.2, -0.15) is 5.10 Å². The summed E-state index contributed by atoms with van der Waals surface area (Å²) < 4.78 is 0. The average molecular weight is 442 g/mol. The first-order valence-corrected chi connectivity index (χ1v) is 10.9. The summed E-state index contributed by atoms with van der Waals surface area (Å²) in [4.78, 5) is 24.4. The van der Waals surface area contributed by atoms with Crippen molar-refractivity contribution in [2.24, 2.45) is 0 Å². The highest BCUT2D eigenvalue weighted by molar-refractivity contribution is 6.00. The molecule has 4 aromatic rings. The quantitative estimate of drug-likeness (QED) is 0.332. The number of carbonyl (C=O) groups excluding carboxylic acids is 2. The molecule has 0 atom stereocenters. The van der Waals surface area contributed by atoms with Gasteiger partial charge < -0.3 is 16.0 Å². The lowest BCUT2D eigenvalue weighted by Gasteiger charge is -2.11. The third-order valence-electron chi connectivity index (χ3n) is 5.43. The monoisotopic (exact) mass is 441 g/mol. The van der Waals surface area contributed by atoms with E-state index in [1.807, 2.05) is 81.4 Å². The summed E-state index contributed by atoms with van der Waals surface area (Å²) in [5.74, 6) is -0.0370. The number of rotatable bonds is 6. The fourth-order valence-corrected chi connectivity index (χ4v) is 3.82. The molecule has 7 nitrogen and oxygen atoms in total. The van der Waals surface area contributed by atoms with Crippen LogP contribution in [0.4, 0.5) is 16.2 Å². The van der Waals surface area contributed by atoms with Gasteiger partial charge in [-0.15, -0.1) is 0 Å². The van der Waals surface area contributed by atoms with Crippen molar-refractivity contribution in [1.29, 1.82) is 0 Å². The topological polar surface area (TPSA) is 98.9 Å². The molecule has 1 aromatic heterocycles. The first-order chi connectivity index (χ1) is 15.9. The summed E-state index contributed by atoms with van der Waals surface area (Å²) in [6, 6.07) is 19.2. The fraction of sp³-hybridized carbons (Fsp3) is 0.192. The highest BCUT2D eigenvalue weighted by Crippen LogP contribution is 2.27. The van der Waals surface area contributed by atoms with Crippen molar-refractivity contribution in [3.8, 4) is 11.1 Å². The van der Waals surface area contributed by atoms with Crippen LogP contribution in [0, 0.1) is 13.8 Å². The lowest BCUT2D eigenvalue weighted by molar-refractivity contribution is -0.120. The minimum Gasteiger partial charge on any atom is -0.356 e. The molecule has 3 amide bonds. The lowest BCUT2D eigenvalue weighted by Crippen LogP contribution is -2.24. The van der Waals surface area contributed by atoms with Crippen LogP contribution < -0.4 is 16.0 Å². The molecule has 0 saturated heterocycles. The smallest absolute Gasteiger partial charge is 0.323 e. The molecule has 0 aliphatic rings. The number of urea groups is 1. The molecular formula is C26H27N5O2. The average Bonchev–Trinajstić information content (AvgIpc) is 3.18. The minimum atomic E-state index is -0.295. The van der Waals surface area contributed by atoms with Gasteiger partial charge in [0.15, 0.2) is 0 Å². The molecule has 7 heteroatoms. The van der Waals surface area contributed by atoms with Crippen LogP contribution in [0.5, 0.6) is 0 Å². The second kappa shape index (κ2) is 9.56. The Hall–Kier alpha value is -4.13. The van der Waals surface area contributed by atoms with Crippen LogP contribution in [0.3, 0.4) is 0 Å². The Kier molecular flexibility index (Phi) is 6.40. The molecule has 0 saturated carbocycles. The molecule has 0 aliphatic carbocycles. The van der Waals surface area contributed by atoms with Crippen LogP contribution in [0.2, 0.25) is 0 Å². The summed E-state index contributed by atoms with van der Waals surface area (Å²) in [6.45, 7) is 6.48. The van der Waals surface area contributed by atoms with E-state index in [0.29, 0.717) is 12.2 Å². The Labute approximate surface area is 192 Å². The lowest BCUT2D eigenvalue weighted by atomic mass is 10.0. The molecule has 0 radical (unpaired) electrons. The number of anilines is 2. The maximum Gasteiger partial charge on any atom is 0.323 e. The summed E-state index contributed by atoms with van der Waals surface area (Å²) in [5.41, 5.74) is 7.13. The zero-order chi connectivity index (χ0) is 23.4. The number of fused-ring (bicyclic) bond motifs is 1. The van der Waals surface area contributed by atoms with E-state index in [1.54, 1.807) is 0 Å². The molecule has 1 heterocycles. The van der Waals surface area contributed by atoms with Crippen LogP contribution >= 0.6 is 0 Å². The molecule has 4 N–H and O–H groups in total. The normalized spacial score (nSPS) is 10.8. The van der Waals surface area contributed by atoms with Crippen molar-refractivity contribution >= 4 is 34.2 Å². The van der Waals surface area contributed by atoms with Gasteiger partial charge in [0.1, 0.15) is 0 Å². The van der Waals surface area contributed by atoms with E-state index in [1.165, 1.54) is 0 Å². The summed E-state index contributed by atoms with van der Waals surface area (Å²) in [5, 5.41) is 16.9. The Balaban J connectivity index is 1.50. The standard InChI is InChI=1S/C26H27N5O2/c1-4-27-25(32)15-24-21-10-9-19(14-23(21)30-31-24)18-6-5-7-20(13-18)28-26(33)29-22-11-8-16(2)12-17(22)3/h5-14H,4,15H2,1-3H3,(H,27,32)(H,30,31)(H2,28,29,33). The minimum absolute atomic E-state index is 0.0370. The van der Waals surface area contributed by atoms with Crippen molar-refractivity contribution in [3.05, 3.63) is 77.5 Å². The number of carbonyl (C=O) groups is 2. The van der Waals surface area contributed by atoms with Crippen molar-refractivity contribution in [3.63, 3.8) is 0 Å². The van der Waals surface area contributed by atoms with E-state index in [9.17, 15) is 9.59 Å². The second-order valence-electron chi connectivity index (χ2n) is 8.04. The van der Waals surface area contributed by atoms with Gasteiger partial charge in [0, 0.05) is 23.3 Å². The molecule has 0 aliphatic heterocycles. The van der Waals surface area contributed by atoms with Crippen molar-refractivity contribution in [1.82, 2.24) is 15.5 Å². The number of hydrogen-bond donors (Lipinski definition) is 4.